The first kappa shape index (κ1) is 11.7. The van der Waals surface area contributed by atoms with Gasteiger partial charge in [-0.05, 0) is 30.2 Å². The monoisotopic (exact) mass is 225 g/mol. The Morgan fingerprint density at radius 1 is 0.765 bits per heavy atom. The molecule has 1 nitrogen and oxygen atoms in total. The van der Waals surface area contributed by atoms with Crippen LogP contribution in [0, 0.1) is 5.92 Å². The normalized spacial score (nSPS) is 10.5. The third-order valence-electron chi connectivity index (χ3n) is 2.68. The lowest BCUT2D eigenvalue weighted by molar-refractivity contribution is 0.651. The lowest BCUT2D eigenvalue weighted by atomic mass is 10.1. The number of para-hydroxylation sites is 2. The molecule has 0 bridgehead atoms. The highest BCUT2D eigenvalue weighted by Crippen LogP contribution is 2.25. The number of nitrogens with zero attached hydrogens (tertiary/aromatic N) is 1. The van der Waals surface area contributed by atoms with E-state index in [0.717, 1.165) is 6.54 Å². The lowest BCUT2D eigenvalue weighted by Gasteiger charge is -2.26. The summed E-state index contributed by atoms with van der Waals surface area (Å²) in [5, 5.41) is 0. The lowest BCUT2D eigenvalue weighted by Crippen LogP contribution is -2.22. The molecule has 0 heterocycles. The summed E-state index contributed by atoms with van der Waals surface area (Å²) in [6.07, 6.45) is 0. The van der Waals surface area contributed by atoms with E-state index in [1.165, 1.54) is 11.4 Å². The topological polar surface area (TPSA) is 3.24 Å². The van der Waals surface area contributed by atoms with Gasteiger partial charge < -0.3 is 4.90 Å². The van der Waals surface area contributed by atoms with Crippen LogP contribution < -0.4 is 4.90 Å². The maximum absolute atomic E-state index is 2.37. The molecule has 0 unspecified atom stereocenters. The minimum absolute atomic E-state index is 0.635. The maximum atomic E-state index is 2.37. The van der Waals surface area contributed by atoms with E-state index in [1.807, 2.05) is 0 Å². The summed E-state index contributed by atoms with van der Waals surface area (Å²) in [5.74, 6) is 0.635. The second-order valence-corrected chi connectivity index (χ2v) is 4.68. The van der Waals surface area contributed by atoms with E-state index in [2.05, 4.69) is 79.4 Å². The van der Waals surface area contributed by atoms with Gasteiger partial charge in [-0.15, -0.1) is 0 Å². The molecular weight excluding hydrogens is 206 g/mol. The Hall–Kier alpha value is -1.76. The third-order valence-corrected chi connectivity index (χ3v) is 2.68. The number of benzene rings is 2. The van der Waals surface area contributed by atoms with Crippen LogP contribution in [-0.4, -0.2) is 6.54 Å². The molecule has 0 atom stereocenters. The summed E-state index contributed by atoms with van der Waals surface area (Å²) < 4.78 is 0. The van der Waals surface area contributed by atoms with Gasteiger partial charge in [-0.25, -0.2) is 0 Å². The van der Waals surface area contributed by atoms with Crippen LogP contribution in [0.5, 0.6) is 0 Å². The van der Waals surface area contributed by atoms with Gasteiger partial charge in [-0.1, -0.05) is 50.2 Å². The van der Waals surface area contributed by atoms with Crippen molar-refractivity contribution in [3.63, 3.8) is 0 Å². The van der Waals surface area contributed by atoms with Gasteiger partial charge in [-0.3, -0.25) is 0 Å². The van der Waals surface area contributed by atoms with E-state index >= 15 is 0 Å². The molecule has 0 fully saturated rings. The van der Waals surface area contributed by atoms with Crippen molar-refractivity contribution in [1.82, 2.24) is 0 Å². The molecule has 0 spiro atoms. The SMILES string of the molecule is CC(C)CN(c1ccccc1)c1ccccc1. The fourth-order valence-electron chi connectivity index (χ4n) is 1.94. The second kappa shape index (κ2) is 5.53. The highest BCUT2D eigenvalue weighted by atomic mass is 15.1. The number of anilines is 2. The summed E-state index contributed by atoms with van der Waals surface area (Å²) in [6.45, 7) is 5.53. The van der Waals surface area contributed by atoms with Gasteiger partial charge in [0.05, 0.1) is 0 Å². The Balaban J connectivity index is 2.32. The predicted octanol–water partition coefficient (Wildman–Crippen LogP) is 4.48. The van der Waals surface area contributed by atoms with Gasteiger partial charge >= 0.3 is 0 Å². The van der Waals surface area contributed by atoms with Gasteiger partial charge in [0.25, 0.3) is 0 Å². The zero-order valence-electron chi connectivity index (χ0n) is 10.5. The number of hydrogen-bond acceptors (Lipinski definition) is 1. The molecule has 0 aliphatic heterocycles. The van der Waals surface area contributed by atoms with Crippen LogP contribution in [0.3, 0.4) is 0 Å². The van der Waals surface area contributed by atoms with Crippen molar-refractivity contribution in [3.8, 4) is 0 Å². The first-order valence-corrected chi connectivity index (χ1v) is 6.15. The number of hydrogen-bond donors (Lipinski definition) is 0. The van der Waals surface area contributed by atoms with Crippen molar-refractivity contribution in [2.24, 2.45) is 5.92 Å². The van der Waals surface area contributed by atoms with Crippen molar-refractivity contribution in [1.29, 1.82) is 0 Å². The molecule has 0 radical (unpaired) electrons. The molecule has 2 aromatic rings. The average molecular weight is 225 g/mol. The van der Waals surface area contributed by atoms with Crippen LogP contribution in [0.1, 0.15) is 13.8 Å². The number of rotatable bonds is 4. The third kappa shape index (κ3) is 3.10. The van der Waals surface area contributed by atoms with E-state index in [9.17, 15) is 0 Å². The highest BCUT2D eigenvalue weighted by Gasteiger charge is 2.09. The Labute approximate surface area is 104 Å². The zero-order valence-corrected chi connectivity index (χ0v) is 10.5. The van der Waals surface area contributed by atoms with Crippen molar-refractivity contribution < 1.29 is 0 Å². The van der Waals surface area contributed by atoms with Gasteiger partial charge in [0.2, 0.25) is 0 Å². The highest BCUT2D eigenvalue weighted by molar-refractivity contribution is 5.62. The molecule has 2 rings (SSSR count). The molecule has 17 heavy (non-hydrogen) atoms. The standard InChI is InChI=1S/C16H19N/c1-14(2)13-17(15-9-5-3-6-10-15)16-11-7-4-8-12-16/h3-12,14H,13H2,1-2H3. The quantitative estimate of drug-likeness (QED) is 0.741. The molecule has 0 amide bonds. The van der Waals surface area contributed by atoms with Crippen LogP contribution in [-0.2, 0) is 0 Å². The molecule has 0 saturated heterocycles. The summed E-state index contributed by atoms with van der Waals surface area (Å²) >= 11 is 0. The maximum Gasteiger partial charge on any atom is 0.0410 e. The minimum Gasteiger partial charge on any atom is -0.341 e. The second-order valence-electron chi connectivity index (χ2n) is 4.68. The summed E-state index contributed by atoms with van der Waals surface area (Å²) in [6, 6.07) is 21.1. The van der Waals surface area contributed by atoms with Gasteiger partial charge in [0.15, 0.2) is 0 Å². The first-order valence-electron chi connectivity index (χ1n) is 6.15. The van der Waals surface area contributed by atoms with E-state index in [0.29, 0.717) is 5.92 Å². The first-order chi connectivity index (χ1) is 8.27. The largest absolute Gasteiger partial charge is 0.341 e. The van der Waals surface area contributed by atoms with Gasteiger partial charge in [0, 0.05) is 17.9 Å². The van der Waals surface area contributed by atoms with E-state index < -0.39 is 0 Å². The van der Waals surface area contributed by atoms with Gasteiger partial charge in [-0.2, -0.15) is 0 Å². The minimum atomic E-state index is 0.635. The molecule has 0 aromatic heterocycles. The van der Waals surface area contributed by atoms with Crippen LogP contribution in [0.15, 0.2) is 60.7 Å². The Morgan fingerprint density at radius 2 is 1.18 bits per heavy atom. The van der Waals surface area contributed by atoms with Crippen LogP contribution >= 0.6 is 0 Å². The van der Waals surface area contributed by atoms with E-state index in [1.54, 1.807) is 0 Å². The Kier molecular flexibility index (Phi) is 3.81. The smallest absolute Gasteiger partial charge is 0.0410 e. The molecule has 0 saturated carbocycles. The van der Waals surface area contributed by atoms with Crippen LogP contribution in [0.25, 0.3) is 0 Å². The van der Waals surface area contributed by atoms with Crippen molar-refractivity contribution in [2.45, 2.75) is 13.8 Å². The fourth-order valence-corrected chi connectivity index (χ4v) is 1.94. The summed E-state index contributed by atoms with van der Waals surface area (Å²) in [5.41, 5.74) is 2.51. The Morgan fingerprint density at radius 3 is 1.53 bits per heavy atom. The van der Waals surface area contributed by atoms with E-state index in [4.69, 9.17) is 0 Å². The molecule has 2 aromatic carbocycles. The van der Waals surface area contributed by atoms with E-state index in [-0.39, 0.29) is 0 Å². The fraction of sp³-hybridized carbons (Fsp3) is 0.250. The average Bonchev–Trinajstić information content (AvgIpc) is 2.38. The molecule has 0 aliphatic rings. The molecule has 0 N–H and O–H groups in total. The van der Waals surface area contributed by atoms with Crippen LogP contribution in [0.4, 0.5) is 11.4 Å². The van der Waals surface area contributed by atoms with Crippen LogP contribution in [0.2, 0.25) is 0 Å². The van der Waals surface area contributed by atoms with Crippen molar-refractivity contribution >= 4 is 11.4 Å². The van der Waals surface area contributed by atoms with Gasteiger partial charge in [0.1, 0.15) is 0 Å². The molecule has 1 heteroatoms. The van der Waals surface area contributed by atoms with Crippen molar-refractivity contribution in [2.75, 3.05) is 11.4 Å². The summed E-state index contributed by atoms with van der Waals surface area (Å²) in [4.78, 5) is 2.37. The predicted molar refractivity (Wildman–Crippen MR) is 74.7 cm³/mol. The molecule has 0 aliphatic carbocycles. The zero-order chi connectivity index (χ0) is 12.1. The Bertz CT molecular complexity index is 394. The molecule has 88 valence electrons. The molecular formula is C16H19N. The summed E-state index contributed by atoms with van der Waals surface area (Å²) in [7, 11) is 0. The van der Waals surface area contributed by atoms with Crippen molar-refractivity contribution in [3.05, 3.63) is 60.7 Å².